The van der Waals surface area contributed by atoms with Crippen molar-refractivity contribution in [2.24, 2.45) is 11.3 Å². The third kappa shape index (κ3) is 3.76. The van der Waals surface area contributed by atoms with E-state index in [-0.39, 0.29) is 0 Å². The standard InChI is InChI=1S/C17H26ClNO2/c1-11-10-17(2,3)7-6-13(11)19-14-9-15(20-4)12(18)8-16(14)21-5/h8-9,11,13,19H,6-7,10H2,1-5H3. The van der Waals surface area contributed by atoms with Crippen LogP contribution in [0, 0.1) is 11.3 Å². The zero-order valence-corrected chi connectivity index (χ0v) is 14.4. The molecule has 3 nitrogen and oxygen atoms in total. The number of rotatable bonds is 4. The summed E-state index contributed by atoms with van der Waals surface area (Å²) in [6, 6.07) is 4.19. The van der Waals surface area contributed by atoms with E-state index in [1.165, 1.54) is 19.3 Å². The summed E-state index contributed by atoms with van der Waals surface area (Å²) in [7, 11) is 3.29. The summed E-state index contributed by atoms with van der Waals surface area (Å²) in [5.41, 5.74) is 1.40. The van der Waals surface area contributed by atoms with E-state index in [9.17, 15) is 0 Å². The van der Waals surface area contributed by atoms with E-state index in [1.54, 1.807) is 20.3 Å². The first kappa shape index (κ1) is 16.3. The fourth-order valence-electron chi connectivity index (χ4n) is 3.33. The zero-order chi connectivity index (χ0) is 15.6. The van der Waals surface area contributed by atoms with Gasteiger partial charge < -0.3 is 14.8 Å². The lowest BCUT2D eigenvalue weighted by molar-refractivity contribution is 0.177. The van der Waals surface area contributed by atoms with Crippen LogP contribution in [0.3, 0.4) is 0 Å². The highest BCUT2D eigenvalue weighted by Crippen LogP contribution is 2.42. The Morgan fingerprint density at radius 2 is 1.86 bits per heavy atom. The molecule has 1 aromatic rings. The summed E-state index contributed by atoms with van der Waals surface area (Å²) in [5, 5.41) is 4.19. The Hall–Kier alpha value is -1.09. The smallest absolute Gasteiger partial charge is 0.143 e. The Kier molecular flexibility index (Phi) is 4.92. The van der Waals surface area contributed by atoms with Gasteiger partial charge >= 0.3 is 0 Å². The van der Waals surface area contributed by atoms with E-state index < -0.39 is 0 Å². The maximum absolute atomic E-state index is 6.16. The summed E-state index contributed by atoms with van der Waals surface area (Å²) >= 11 is 6.16. The molecule has 0 aromatic heterocycles. The van der Waals surface area contributed by atoms with Crippen molar-refractivity contribution in [3.05, 3.63) is 17.2 Å². The maximum atomic E-state index is 6.16. The highest BCUT2D eigenvalue weighted by Gasteiger charge is 2.32. The fourth-order valence-corrected chi connectivity index (χ4v) is 3.56. The predicted molar refractivity (Wildman–Crippen MR) is 88.8 cm³/mol. The topological polar surface area (TPSA) is 30.5 Å². The summed E-state index contributed by atoms with van der Waals surface area (Å²) in [4.78, 5) is 0. The van der Waals surface area contributed by atoms with Gasteiger partial charge in [-0.15, -0.1) is 0 Å². The molecule has 0 bridgehead atoms. The van der Waals surface area contributed by atoms with E-state index in [0.717, 1.165) is 11.4 Å². The second-order valence-electron chi connectivity index (χ2n) is 6.82. The number of nitrogens with one attached hydrogen (secondary N) is 1. The van der Waals surface area contributed by atoms with Crippen LogP contribution in [0.2, 0.25) is 5.02 Å². The van der Waals surface area contributed by atoms with Gasteiger partial charge in [0, 0.05) is 18.2 Å². The molecule has 1 N–H and O–H groups in total. The van der Waals surface area contributed by atoms with Crippen LogP contribution in [-0.2, 0) is 0 Å². The molecule has 0 heterocycles. The minimum absolute atomic E-state index is 0.444. The van der Waals surface area contributed by atoms with Crippen LogP contribution in [-0.4, -0.2) is 20.3 Å². The lowest BCUT2D eigenvalue weighted by Gasteiger charge is -2.40. The normalized spacial score (nSPS) is 24.5. The van der Waals surface area contributed by atoms with Crippen molar-refractivity contribution in [2.45, 2.75) is 46.1 Å². The molecule has 118 valence electrons. The minimum atomic E-state index is 0.444. The summed E-state index contributed by atoms with van der Waals surface area (Å²) in [5.74, 6) is 2.06. The van der Waals surface area contributed by atoms with Crippen molar-refractivity contribution in [1.29, 1.82) is 0 Å². The second-order valence-corrected chi connectivity index (χ2v) is 7.23. The van der Waals surface area contributed by atoms with Crippen LogP contribution in [0.5, 0.6) is 11.5 Å². The Morgan fingerprint density at radius 1 is 1.19 bits per heavy atom. The molecule has 21 heavy (non-hydrogen) atoms. The van der Waals surface area contributed by atoms with E-state index >= 15 is 0 Å². The Morgan fingerprint density at radius 3 is 2.43 bits per heavy atom. The first-order valence-corrected chi connectivity index (χ1v) is 7.92. The predicted octanol–water partition coefficient (Wildman–Crippen LogP) is 4.98. The molecule has 0 aliphatic heterocycles. The van der Waals surface area contributed by atoms with Crippen molar-refractivity contribution >= 4 is 17.3 Å². The molecule has 4 heteroatoms. The van der Waals surface area contributed by atoms with Crippen molar-refractivity contribution in [1.82, 2.24) is 0 Å². The number of anilines is 1. The van der Waals surface area contributed by atoms with Crippen LogP contribution in [0.25, 0.3) is 0 Å². The molecule has 1 saturated carbocycles. The average molecular weight is 312 g/mol. The van der Waals surface area contributed by atoms with E-state index in [2.05, 4.69) is 26.1 Å². The van der Waals surface area contributed by atoms with Gasteiger partial charge in [0.25, 0.3) is 0 Å². The van der Waals surface area contributed by atoms with Gasteiger partial charge in [0.2, 0.25) is 0 Å². The molecule has 1 aliphatic rings. The number of ether oxygens (including phenoxy) is 2. The van der Waals surface area contributed by atoms with Gasteiger partial charge in [-0.3, -0.25) is 0 Å². The van der Waals surface area contributed by atoms with Crippen LogP contribution >= 0.6 is 11.6 Å². The summed E-state index contributed by atoms with van der Waals surface area (Å²) in [6.07, 6.45) is 3.64. The summed E-state index contributed by atoms with van der Waals surface area (Å²) < 4.78 is 10.7. The molecule has 0 amide bonds. The summed E-state index contributed by atoms with van der Waals surface area (Å²) in [6.45, 7) is 7.02. The third-order valence-electron chi connectivity index (χ3n) is 4.51. The number of halogens is 1. The van der Waals surface area contributed by atoms with Gasteiger partial charge in [-0.1, -0.05) is 32.4 Å². The van der Waals surface area contributed by atoms with Gasteiger partial charge in [-0.25, -0.2) is 0 Å². The highest BCUT2D eigenvalue weighted by atomic mass is 35.5. The SMILES string of the molecule is COc1cc(NC2CCC(C)(C)CC2C)c(OC)cc1Cl. The largest absolute Gasteiger partial charge is 0.495 e. The second kappa shape index (κ2) is 6.35. The van der Waals surface area contributed by atoms with E-state index in [4.69, 9.17) is 21.1 Å². The molecule has 1 aliphatic carbocycles. The molecule has 0 radical (unpaired) electrons. The van der Waals surface area contributed by atoms with Crippen LogP contribution in [0.1, 0.15) is 40.0 Å². The van der Waals surface area contributed by atoms with Gasteiger partial charge in [0.1, 0.15) is 11.5 Å². The van der Waals surface area contributed by atoms with E-state index in [0.29, 0.717) is 28.1 Å². The first-order valence-electron chi connectivity index (χ1n) is 7.54. The number of benzene rings is 1. The van der Waals surface area contributed by atoms with Crippen LogP contribution in [0.4, 0.5) is 5.69 Å². The Balaban J connectivity index is 2.19. The molecule has 1 fully saturated rings. The molecule has 0 spiro atoms. The lowest BCUT2D eigenvalue weighted by atomic mass is 9.70. The highest BCUT2D eigenvalue weighted by molar-refractivity contribution is 6.32. The number of hydrogen-bond donors (Lipinski definition) is 1. The quantitative estimate of drug-likeness (QED) is 0.850. The molecular weight excluding hydrogens is 286 g/mol. The van der Waals surface area contributed by atoms with Gasteiger partial charge in [-0.2, -0.15) is 0 Å². The molecule has 2 rings (SSSR count). The average Bonchev–Trinajstić information content (AvgIpc) is 2.42. The van der Waals surface area contributed by atoms with Crippen molar-refractivity contribution < 1.29 is 9.47 Å². The van der Waals surface area contributed by atoms with Crippen molar-refractivity contribution in [3.8, 4) is 11.5 Å². The zero-order valence-electron chi connectivity index (χ0n) is 13.6. The molecular formula is C17H26ClNO2. The Labute approximate surface area is 133 Å². The molecule has 1 aromatic carbocycles. The van der Waals surface area contributed by atoms with Crippen molar-refractivity contribution in [2.75, 3.05) is 19.5 Å². The van der Waals surface area contributed by atoms with Crippen LogP contribution < -0.4 is 14.8 Å². The molecule has 0 saturated heterocycles. The minimum Gasteiger partial charge on any atom is -0.495 e. The number of hydrogen-bond acceptors (Lipinski definition) is 3. The van der Waals surface area contributed by atoms with Crippen LogP contribution in [0.15, 0.2) is 12.1 Å². The fraction of sp³-hybridized carbons (Fsp3) is 0.647. The number of methoxy groups -OCH3 is 2. The van der Waals surface area contributed by atoms with Gasteiger partial charge in [0.15, 0.2) is 0 Å². The van der Waals surface area contributed by atoms with Gasteiger partial charge in [0.05, 0.1) is 24.9 Å². The maximum Gasteiger partial charge on any atom is 0.143 e. The first-order chi connectivity index (χ1) is 9.86. The van der Waals surface area contributed by atoms with E-state index in [1.807, 2.05) is 6.07 Å². The molecule has 2 atom stereocenters. The Bertz CT molecular complexity index is 502. The lowest BCUT2D eigenvalue weighted by Crippen LogP contribution is -2.36. The monoisotopic (exact) mass is 311 g/mol. The van der Waals surface area contributed by atoms with Crippen molar-refractivity contribution in [3.63, 3.8) is 0 Å². The third-order valence-corrected chi connectivity index (χ3v) is 4.80. The van der Waals surface area contributed by atoms with Gasteiger partial charge in [-0.05, 0) is 30.6 Å². The molecule has 2 unspecified atom stereocenters.